The molecule has 0 saturated carbocycles. The highest BCUT2D eigenvalue weighted by atomic mass is 35.5. The van der Waals surface area contributed by atoms with Crippen LogP contribution in [0, 0.1) is 5.92 Å². The second-order valence-corrected chi connectivity index (χ2v) is 6.36. The molecule has 0 aliphatic rings. The van der Waals surface area contributed by atoms with Crippen molar-refractivity contribution in [2.45, 2.75) is 13.3 Å². The van der Waals surface area contributed by atoms with E-state index in [1.54, 1.807) is 36.1 Å². The minimum Gasteiger partial charge on any atom is -0.469 e. The van der Waals surface area contributed by atoms with Crippen molar-refractivity contribution < 1.29 is 14.3 Å². The molecule has 0 spiro atoms. The van der Waals surface area contributed by atoms with Gasteiger partial charge in [0.05, 0.1) is 13.0 Å². The Morgan fingerprint density at radius 1 is 1.12 bits per heavy atom. The largest absolute Gasteiger partial charge is 0.469 e. The van der Waals surface area contributed by atoms with E-state index in [0.29, 0.717) is 30.1 Å². The molecule has 2 aromatic carbocycles. The molecule has 1 amide bonds. The molecule has 1 unspecified atom stereocenters. The van der Waals surface area contributed by atoms with E-state index in [1.165, 1.54) is 7.11 Å². The van der Waals surface area contributed by atoms with Gasteiger partial charge in [0.1, 0.15) is 0 Å². The van der Waals surface area contributed by atoms with E-state index in [4.69, 9.17) is 16.3 Å². The number of rotatable bonds is 7. The Bertz CT molecular complexity index is 718. The van der Waals surface area contributed by atoms with Gasteiger partial charge < -0.3 is 9.64 Å². The van der Waals surface area contributed by atoms with Gasteiger partial charge in [0.25, 0.3) is 5.91 Å². The number of nitrogens with zero attached hydrogens (tertiary/aromatic N) is 1. The van der Waals surface area contributed by atoms with Crippen molar-refractivity contribution in [3.05, 3.63) is 70.7 Å². The van der Waals surface area contributed by atoms with Crippen LogP contribution in [-0.2, 0) is 16.0 Å². The average molecular weight is 360 g/mol. The molecule has 0 aliphatic heterocycles. The molecular weight excluding hydrogens is 338 g/mol. The van der Waals surface area contributed by atoms with Crippen LogP contribution >= 0.6 is 11.6 Å². The van der Waals surface area contributed by atoms with Gasteiger partial charge in [-0.3, -0.25) is 9.59 Å². The lowest BCUT2D eigenvalue weighted by Gasteiger charge is -2.25. The Morgan fingerprint density at radius 2 is 1.84 bits per heavy atom. The predicted molar refractivity (Wildman–Crippen MR) is 98.7 cm³/mol. The number of hydrogen-bond acceptors (Lipinski definition) is 3. The van der Waals surface area contributed by atoms with Crippen molar-refractivity contribution in [1.82, 2.24) is 4.90 Å². The normalized spacial score (nSPS) is 11.6. The Labute approximate surface area is 153 Å². The van der Waals surface area contributed by atoms with Crippen molar-refractivity contribution in [1.29, 1.82) is 0 Å². The lowest BCUT2D eigenvalue weighted by atomic mass is 10.1. The van der Waals surface area contributed by atoms with Crippen LogP contribution in [0.1, 0.15) is 22.8 Å². The van der Waals surface area contributed by atoms with Crippen LogP contribution in [0.5, 0.6) is 0 Å². The summed E-state index contributed by atoms with van der Waals surface area (Å²) in [5.41, 5.74) is 1.65. The first kappa shape index (κ1) is 19.0. The van der Waals surface area contributed by atoms with Gasteiger partial charge in [-0.25, -0.2) is 0 Å². The summed E-state index contributed by atoms with van der Waals surface area (Å²) in [5, 5.41) is 0.509. The van der Waals surface area contributed by atoms with Crippen LogP contribution in [0.15, 0.2) is 54.6 Å². The predicted octanol–water partition coefficient (Wildman–Crippen LogP) is 3.83. The standard InChI is InChI=1S/C20H22ClNO3/c1-15(20(24)25-2)14-22(12-11-16-7-4-3-5-8-16)19(23)17-9-6-10-18(21)13-17/h3-10,13,15H,11-12,14H2,1-2H3. The van der Waals surface area contributed by atoms with Crippen LogP contribution in [0.25, 0.3) is 0 Å². The second-order valence-electron chi connectivity index (χ2n) is 5.92. The van der Waals surface area contributed by atoms with Crippen molar-refractivity contribution in [3.8, 4) is 0 Å². The maximum atomic E-state index is 12.9. The van der Waals surface area contributed by atoms with E-state index in [0.717, 1.165) is 5.56 Å². The molecule has 0 saturated heterocycles. The maximum absolute atomic E-state index is 12.9. The van der Waals surface area contributed by atoms with Gasteiger partial charge in [0, 0.05) is 23.7 Å². The molecule has 1 atom stereocenters. The fourth-order valence-corrected chi connectivity index (χ4v) is 2.79. The lowest BCUT2D eigenvalue weighted by Crippen LogP contribution is -2.38. The summed E-state index contributed by atoms with van der Waals surface area (Å²) in [6.07, 6.45) is 0.709. The molecule has 2 aromatic rings. The smallest absolute Gasteiger partial charge is 0.310 e. The van der Waals surface area contributed by atoms with E-state index < -0.39 is 5.92 Å². The second kappa shape index (κ2) is 9.23. The van der Waals surface area contributed by atoms with Gasteiger partial charge in [0.2, 0.25) is 0 Å². The topological polar surface area (TPSA) is 46.6 Å². The number of hydrogen-bond donors (Lipinski definition) is 0. The van der Waals surface area contributed by atoms with E-state index >= 15 is 0 Å². The fourth-order valence-electron chi connectivity index (χ4n) is 2.59. The van der Waals surface area contributed by atoms with Crippen LogP contribution in [0.2, 0.25) is 5.02 Å². The molecular formula is C20H22ClNO3. The first-order valence-electron chi connectivity index (χ1n) is 8.18. The third-order valence-electron chi connectivity index (χ3n) is 3.97. The summed E-state index contributed by atoms with van der Waals surface area (Å²) in [6.45, 7) is 2.56. The molecule has 0 bridgehead atoms. The van der Waals surface area contributed by atoms with E-state index in [2.05, 4.69) is 0 Å². The molecule has 0 N–H and O–H groups in total. The SMILES string of the molecule is COC(=O)C(C)CN(CCc1ccccc1)C(=O)c1cccc(Cl)c1. The number of carbonyl (C=O) groups is 2. The minimum atomic E-state index is -0.399. The molecule has 2 rings (SSSR count). The first-order chi connectivity index (χ1) is 12.0. The van der Waals surface area contributed by atoms with Gasteiger partial charge in [-0.05, 0) is 30.2 Å². The summed E-state index contributed by atoms with van der Waals surface area (Å²) in [6, 6.07) is 16.8. The zero-order valence-electron chi connectivity index (χ0n) is 14.4. The van der Waals surface area contributed by atoms with Gasteiger partial charge in [-0.15, -0.1) is 0 Å². The average Bonchev–Trinajstić information content (AvgIpc) is 2.64. The highest BCUT2D eigenvalue weighted by Gasteiger charge is 2.22. The summed E-state index contributed by atoms with van der Waals surface area (Å²) < 4.78 is 4.78. The molecule has 0 aliphatic carbocycles. The maximum Gasteiger partial charge on any atom is 0.310 e. The lowest BCUT2D eigenvalue weighted by molar-refractivity contribution is -0.145. The Kier molecular flexibility index (Phi) is 7.02. The summed E-state index contributed by atoms with van der Waals surface area (Å²) in [5.74, 6) is -0.873. The highest BCUT2D eigenvalue weighted by Crippen LogP contribution is 2.15. The number of amides is 1. The Hall–Kier alpha value is -2.33. The molecule has 0 aromatic heterocycles. The number of esters is 1. The fraction of sp³-hybridized carbons (Fsp3) is 0.300. The minimum absolute atomic E-state index is 0.144. The zero-order chi connectivity index (χ0) is 18.2. The zero-order valence-corrected chi connectivity index (χ0v) is 15.2. The van der Waals surface area contributed by atoms with Crippen molar-refractivity contribution >= 4 is 23.5 Å². The third-order valence-corrected chi connectivity index (χ3v) is 4.20. The molecule has 0 radical (unpaired) electrons. The summed E-state index contributed by atoms with van der Waals surface area (Å²) in [7, 11) is 1.35. The quantitative estimate of drug-likeness (QED) is 0.706. The number of ether oxygens (including phenoxy) is 1. The number of carbonyl (C=O) groups excluding carboxylic acids is 2. The molecule has 0 fully saturated rings. The Balaban J connectivity index is 2.15. The van der Waals surface area contributed by atoms with Crippen molar-refractivity contribution in [2.75, 3.05) is 20.2 Å². The molecule has 4 nitrogen and oxygen atoms in total. The van der Waals surface area contributed by atoms with Gasteiger partial charge in [0.15, 0.2) is 0 Å². The van der Waals surface area contributed by atoms with Crippen molar-refractivity contribution in [2.24, 2.45) is 5.92 Å². The van der Waals surface area contributed by atoms with Crippen molar-refractivity contribution in [3.63, 3.8) is 0 Å². The monoisotopic (exact) mass is 359 g/mol. The van der Waals surface area contributed by atoms with Gasteiger partial charge in [-0.2, -0.15) is 0 Å². The van der Waals surface area contributed by atoms with E-state index in [9.17, 15) is 9.59 Å². The van der Waals surface area contributed by atoms with Crippen LogP contribution < -0.4 is 0 Å². The molecule has 5 heteroatoms. The third kappa shape index (κ3) is 5.61. The molecule has 132 valence electrons. The first-order valence-corrected chi connectivity index (χ1v) is 8.55. The van der Waals surface area contributed by atoms with Crippen LogP contribution in [-0.4, -0.2) is 37.0 Å². The number of benzene rings is 2. The number of halogens is 1. The van der Waals surface area contributed by atoms with Crippen LogP contribution in [0.4, 0.5) is 0 Å². The number of methoxy groups -OCH3 is 1. The molecule has 0 heterocycles. The summed E-state index contributed by atoms with van der Waals surface area (Å²) in [4.78, 5) is 26.3. The van der Waals surface area contributed by atoms with Gasteiger partial charge in [-0.1, -0.05) is 54.9 Å². The van der Waals surface area contributed by atoms with Gasteiger partial charge >= 0.3 is 5.97 Å². The Morgan fingerprint density at radius 3 is 2.48 bits per heavy atom. The van der Waals surface area contributed by atoms with Crippen LogP contribution in [0.3, 0.4) is 0 Å². The molecule has 25 heavy (non-hydrogen) atoms. The van der Waals surface area contributed by atoms with E-state index in [1.807, 2.05) is 30.3 Å². The summed E-state index contributed by atoms with van der Waals surface area (Å²) >= 11 is 6.00. The van der Waals surface area contributed by atoms with E-state index in [-0.39, 0.29) is 11.9 Å². The highest BCUT2D eigenvalue weighted by molar-refractivity contribution is 6.30.